The van der Waals surface area contributed by atoms with E-state index in [1.165, 1.54) is 19.3 Å². The Bertz CT molecular complexity index is 341. The molecule has 0 saturated heterocycles. The van der Waals surface area contributed by atoms with Crippen LogP contribution in [0.4, 0.5) is 4.79 Å². The predicted molar refractivity (Wildman–Crippen MR) is 82.1 cm³/mol. The molecule has 0 spiro atoms. The Morgan fingerprint density at radius 2 is 1.85 bits per heavy atom. The van der Waals surface area contributed by atoms with Crippen molar-refractivity contribution in [2.75, 3.05) is 12.8 Å². The summed E-state index contributed by atoms with van der Waals surface area (Å²) in [6, 6.07) is -1.23. The Morgan fingerprint density at radius 1 is 1.25 bits per heavy atom. The largest absolute Gasteiger partial charge is 0.480 e. The van der Waals surface area contributed by atoms with Crippen molar-refractivity contribution in [2.45, 2.75) is 56.7 Å². The molecule has 116 valence electrons. The fourth-order valence-electron chi connectivity index (χ4n) is 2.60. The second-order valence-electron chi connectivity index (χ2n) is 5.83. The van der Waals surface area contributed by atoms with Gasteiger partial charge in [-0.15, -0.1) is 0 Å². The van der Waals surface area contributed by atoms with E-state index in [9.17, 15) is 9.59 Å². The summed E-state index contributed by atoms with van der Waals surface area (Å²) in [6.07, 6.45) is 7.98. The van der Waals surface area contributed by atoms with Crippen molar-refractivity contribution in [1.29, 1.82) is 0 Å². The third-order valence-electron chi connectivity index (χ3n) is 3.99. The third-order valence-corrected chi connectivity index (χ3v) is 5.41. The summed E-state index contributed by atoms with van der Waals surface area (Å²) < 4.78 is 0.117. The smallest absolute Gasteiger partial charge is 0.326 e. The fourth-order valence-corrected chi connectivity index (χ4v) is 3.51. The Labute approximate surface area is 125 Å². The van der Waals surface area contributed by atoms with Gasteiger partial charge < -0.3 is 15.7 Å². The molecule has 2 amide bonds. The number of thioether (sulfide) groups is 1. The molecular formula is C14H26N2O3S. The molecule has 3 N–H and O–H groups in total. The highest BCUT2D eigenvalue weighted by molar-refractivity contribution is 8.00. The number of hydrogen-bond acceptors (Lipinski definition) is 3. The van der Waals surface area contributed by atoms with Gasteiger partial charge in [-0.1, -0.05) is 33.1 Å². The lowest BCUT2D eigenvalue weighted by Gasteiger charge is -2.36. The fraction of sp³-hybridized carbons (Fsp3) is 0.857. The van der Waals surface area contributed by atoms with Crippen LogP contribution in [0.15, 0.2) is 0 Å². The van der Waals surface area contributed by atoms with Gasteiger partial charge in [0.2, 0.25) is 0 Å². The molecule has 1 saturated carbocycles. The van der Waals surface area contributed by atoms with Gasteiger partial charge in [0.15, 0.2) is 0 Å². The van der Waals surface area contributed by atoms with E-state index in [1.807, 2.05) is 11.8 Å². The molecule has 0 bridgehead atoms. The van der Waals surface area contributed by atoms with E-state index in [-0.39, 0.29) is 16.7 Å². The Balaban J connectivity index is 2.47. The molecular weight excluding hydrogens is 276 g/mol. The van der Waals surface area contributed by atoms with Crippen molar-refractivity contribution >= 4 is 23.8 Å². The lowest BCUT2D eigenvalue weighted by Crippen LogP contribution is -2.51. The van der Waals surface area contributed by atoms with Crippen molar-refractivity contribution < 1.29 is 14.7 Å². The molecule has 6 heteroatoms. The SMILES string of the molecule is CSC1(CNC(=O)NC(C(=O)O)C(C)C)CCCCC1. The lowest BCUT2D eigenvalue weighted by molar-refractivity contribution is -0.140. The van der Waals surface area contributed by atoms with Crippen molar-refractivity contribution in [3.63, 3.8) is 0 Å². The minimum Gasteiger partial charge on any atom is -0.480 e. The molecule has 1 fully saturated rings. The van der Waals surface area contributed by atoms with Crippen molar-refractivity contribution in [3.8, 4) is 0 Å². The highest BCUT2D eigenvalue weighted by Crippen LogP contribution is 2.37. The first kappa shape index (κ1) is 17.1. The van der Waals surface area contributed by atoms with Crippen LogP contribution in [0, 0.1) is 5.92 Å². The molecule has 5 nitrogen and oxygen atoms in total. The standard InChI is InChI=1S/C14H26N2O3S/c1-10(2)11(12(17)18)16-13(19)15-9-14(20-3)7-5-4-6-8-14/h10-11H,4-9H2,1-3H3,(H,17,18)(H2,15,16,19). The Hall–Kier alpha value is -0.910. The maximum Gasteiger partial charge on any atom is 0.326 e. The second kappa shape index (κ2) is 7.76. The van der Waals surface area contributed by atoms with Gasteiger partial charge in [0.25, 0.3) is 0 Å². The minimum absolute atomic E-state index is 0.117. The molecule has 1 unspecified atom stereocenters. The quantitative estimate of drug-likeness (QED) is 0.704. The molecule has 0 aliphatic heterocycles. The topological polar surface area (TPSA) is 78.4 Å². The molecule has 20 heavy (non-hydrogen) atoms. The van der Waals surface area contributed by atoms with Crippen LogP contribution in [0.5, 0.6) is 0 Å². The third kappa shape index (κ3) is 4.89. The van der Waals surface area contributed by atoms with Gasteiger partial charge >= 0.3 is 12.0 Å². The number of urea groups is 1. The van der Waals surface area contributed by atoms with Crippen LogP contribution in [-0.2, 0) is 4.79 Å². The van der Waals surface area contributed by atoms with E-state index < -0.39 is 12.0 Å². The van der Waals surface area contributed by atoms with Crippen LogP contribution in [0.25, 0.3) is 0 Å². The van der Waals surface area contributed by atoms with E-state index in [0.717, 1.165) is 12.8 Å². The van der Waals surface area contributed by atoms with E-state index in [2.05, 4.69) is 16.9 Å². The van der Waals surface area contributed by atoms with Crippen LogP contribution in [0.3, 0.4) is 0 Å². The second-order valence-corrected chi connectivity index (χ2v) is 7.11. The maximum absolute atomic E-state index is 11.9. The molecule has 0 aromatic heterocycles. The van der Waals surface area contributed by atoms with Gasteiger partial charge in [0.1, 0.15) is 6.04 Å². The van der Waals surface area contributed by atoms with E-state index in [0.29, 0.717) is 6.54 Å². The maximum atomic E-state index is 11.9. The van der Waals surface area contributed by atoms with Crippen LogP contribution in [0.2, 0.25) is 0 Å². The monoisotopic (exact) mass is 302 g/mol. The van der Waals surface area contributed by atoms with Gasteiger partial charge in [-0.2, -0.15) is 11.8 Å². The summed E-state index contributed by atoms with van der Waals surface area (Å²) in [4.78, 5) is 22.9. The first-order valence-corrected chi connectivity index (χ1v) is 8.45. The van der Waals surface area contributed by atoms with Gasteiger partial charge in [-0.25, -0.2) is 9.59 Å². The lowest BCUT2D eigenvalue weighted by atomic mass is 9.88. The number of amides is 2. The number of rotatable bonds is 6. The van der Waals surface area contributed by atoms with Crippen LogP contribution < -0.4 is 10.6 Å². The number of carboxylic acid groups (broad SMARTS) is 1. The number of carboxylic acids is 1. The molecule has 1 rings (SSSR count). The van der Waals surface area contributed by atoms with Gasteiger partial charge in [0.05, 0.1) is 0 Å². The molecule has 0 radical (unpaired) electrons. The van der Waals surface area contributed by atoms with Gasteiger partial charge in [-0.3, -0.25) is 0 Å². The Morgan fingerprint density at radius 3 is 2.30 bits per heavy atom. The molecule has 0 aromatic rings. The first-order valence-electron chi connectivity index (χ1n) is 7.22. The summed E-state index contributed by atoms with van der Waals surface area (Å²) in [5.74, 6) is -1.13. The number of carbonyl (C=O) groups excluding carboxylic acids is 1. The van der Waals surface area contributed by atoms with Crippen LogP contribution >= 0.6 is 11.8 Å². The highest BCUT2D eigenvalue weighted by atomic mass is 32.2. The number of nitrogens with one attached hydrogen (secondary N) is 2. The average Bonchev–Trinajstić information content (AvgIpc) is 2.43. The molecule has 1 aliphatic carbocycles. The zero-order chi connectivity index (χ0) is 15.2. The van der Waals surface area contributed by atoms with E-state index in [4.69, 9.17) is 5.11 Å². The van der Waals surface area contributed by atoms with E-state index in [1.54, 1.807) is 13.8 Å². The highest BCUT2D eigenvalue weighted by Gasteiger charge is 2.32. The summed E-state index contributed by atoms with van der Waals surface area (Å²) in [5, 5.41) is 14.4. The summed E-state index contributed by atoms with van der Waals surface area (Å²) in [6.45, 7) is 4.16. The zero-order valence-corrected chi connectivity index (χ0v) is 13.4. The van der Waals surface area contributed by atoms with Crippen LogP contribution in [-0.4, -0.2) is 40.7 Å². The number of aliphatic carboxylic acids is 1. The van der Waals surface area contributed by atoms with Gasteiger partial charge in [0, 0.05) is 11.3 Å². The number of carbonyl (C=O) groups is 2. The summed E-state index contributed by atoms with van der Waals surface area (Å²) in [5.41, 5.74) is 0. The predicted octanol–water partition coefficient (Wildman–Crippen LogP) is 2.46. The minimum atomic E-state index is -0.993. The normalized spacial score (nSPS) is 19.4. The van der Waals surface area contributed by atoms with Crippen molar-refractivity contribution in [1.82, 2.24) is 10.6 Å². The zero-order valence-electron chi connectivity index (χ0n) is 12.6. The van der Waals surface area contributed by atoms with E-state index >= 15 is 0 Å². The first-order chi connectivity index (χ1) is 9.40. The van der Waals surface area contributed by atoms with Crippen molar-refractivity contribution in [3.05, 3.63) is 0 Å². The number of hydrogen-bond donors (Lipinski definition) is 3. The Kier molecular flexibility index (Phi) is 6.65. The summed E-state index contributed by atoms with van der Waals surface area (Å²) >= 11 is 1.81. The molecule has 1 atom stereocenters. The van der Waals surface area contributed by atoms with Gasteiger partial charge in [-0.05, 0) is 25.0 Å². The molecule has 0 aromatic carbocycles. The van der Waals surface area contributed by atoms with Crippen LogP contribution in [0.1, 0.15) is 46.0 Å². The summed E-state index contributed by atoms with van der Waals surface area (Å²) in [7, 11) is 0. The molecule has 0 heterocycles. The molecule has 1 aliphatic rings. The van der Waals surface area contributed by atoms with Crippen molar-refractivity contribution in [2.24, 2.45) is 5.92 Å². The average molecular weight is 302 g/mol.